The Balaban J connectivity index is 0.00000324. The molecule has 0 aliphatic carbocycles. The van der Waals surface area contributed by atoms with Crippen molar-refractivity contribution in [1.82, 2.24) is 5.32 Å². The van der Waals surface area contributed by atoms with Gasteiger partial charge in [-0.25, -0.2) is 0 Å². The maximum atomic E-state index is 11.7. The van der Waals surface area contributed by atoms with E-state index in [-0.39, 0.29) is 18.3 Å². The monoisotopic (exact) mass is 286 g/mol. The number of nitrogens with two attached hydrogens (primary N) is 1. The molecule has 0 aromatic heterocycles. The van der Waals surface area contributed by atoms with Gasteiger partial charge in [-0.3, -0.25) is 4.79 Å². The summed E-state index contributed by atoms with van der Waals surface area (Å²) in [6.45, 7) is 0.682. The fourth-order valence-corrected chi connectivity index (χ4v) is 1.54. The first kappa shape index (κ1) is 17.9. The Morgan fingerprint density at radius 2 is 1.95 bits per heavy atom. The highest BCUT2D eigenvalue weighted by Crippen LogP contribution is 2.01. The van der Waals surface area contributed by atoms with E-state index in [1.54, 1.807) is 0 Å². The molecule has 0 aliphatic heterocycles. The van der Waals surface area contributed by atoms with E-state index in [1.807, 2.05) is 30.3 Å². The van der Waals surface area contributed by atoms with Crippen LogP contribution < -0.4 is 23.5 Å². The van der Waals surface area contributed by atoms with Crippen molar-refractivity contribution >= 4 is 5.91 Å². The molecule has 3 N–H and O–H groups in total. The van der Waals surface area contributed by atoms with Crippen molar-refractivity contribution in [2.75, 3.05) is 27.2 Å². The number of halogens is 1. The SMILES string of the molecule is C[N+](C)([O-])CCNC(=O)C(N)Cc1ccccc1.[Cl-]. The standard InChI is InChI=1S/C13H21N3O2.ClH/c1-16(2,18)9-8-15-13(17)12(14)10-11-6-4-3-5-7-11;/h3-7,12H,8-10,14H2,1-2H3,(H,15,17);1H/p-1. The molecule has 0 radical (unpaired) electrons. The summed E-state index contributed by atoms with van der Waals surface area (Å²) in [4.78, 5) is 11.7. The molecular weight excluding hydrogens is 266 g/mol. The summed E-state index contributed by atoms with van der Waals surface area (Å²) in [5.41, 5.74) is 6.83. The molecule has 0 saturated heterocycles. The van der Waals surface area contributed by atoms with Crippen molar-refractivity contribution in [3.05, 3.63) is 41.1 Å². The Morgan fingerprint density at radius 1 is 1.37 bits per heavy atom. The second-order valence-electron chi connectivity index (χ2n) is 4.88. The lowest BCUT2D eigenvalue weighted by Crippen LogP contribution is -3.00. The number of benzene rings is 1. The highest BCUT2D eigenvalue weighted by Gasteiger charge is 2.14. The first-order valence-electron chi connectivity index (χ1n) is 6.00. The Hall–Kier alpha value is -1.14. The zero-order valence-corrected chi connectivity index (χ0v) is 12.1. The van der Waals surface area contributed by atoms with E-state index in [9.17, 15) is 10.0 Å². The number of hydroxylamine groups is 3. The molecule has 1 rings (SSSR count). The van der Waals surface area contributed by atoms with Crippen LogP contribution in [0, 0.1) is 5.21 Å². The minimum atomic E-state index is -0.574. The number of amides is 1. The smallest absolute Gasteiger partial charge is 0.237 e. The van der Waals surface area contributed by atoms with Crippen LogP contribution in [0.5, 0.6) is 0 Å². The van der Waals surface area contributed by atoms with Gasteiger partial charge in [-0.2, -0.15) is 0 Å². The van der Waals surface area contributed by atoms with Crippen LogP contribution in [0.4, 0.5) is 0 Å². The lowest BCUT2D eigenvalue weighted by atomic mass is 10.1. The van der Waals surface area contributed by atoms with Crippen molar-refractivity contribution in [3.63, 3.8) is 0 Å². The summed E-state index contributed by atoms with van der Waals surface area (Å²) in [7, 11) is 3.08. The number of hydrogen-bond acceptors (Lipinski definition) is 3. The summed E-state index contributed by atoms with van der Waals surface area (Å²) in [5.74, 6) is -0.215. The van der Waals surface area contributed by atoms with Gasteiger partial charge in [0.05, 0.1) is 33.2 Å². The molecule has 6 heteroatoms. The van der Waals surface area contributed by atoms with E-state index in [2.05, 4.69) is 5.32 Å². The first-order chi connectivity index (χ1) is 8.38. The van der Waals surface area contributed by atoms with Gasteiger partial charge in [0, 0.05) is 0 Å². The number of nitrogens with zero attached hydrogens (tertiary/aromatic N) is 1. The van der Waals surface area contributed by atoms with Gasteiger partial charge in [-0.15, -0.1) is 0 Å². The lowest BCUT2D eigenvalue weighted by Gasteiger charge is -2.33. The molecule has 0 saturated carbocycles. The molecule has 1 aromatic carbocycles. The summed E-state index contributed by atoms with van der Waals surface area (Å²) >= 11 is 0. The molecule has 0 spiro atoms. The van der Waals surface area contributed by atoms with Crippen molar-refractivity contribution in [1.29, 1.82) is 0 Å². The zero-order valence-electron chi connectivity index (χ0n) is 11.3. The van der Waals surface area contributed by atoms with Crippen LogP contribution in [0.25, 0.3) is 0 Å². The third kappa shape index (κ3) is 7.79. The summed E-state index contributed by atoms with van der Waals surface area (Å²) in [6, 6.07) is 9.04. The van der Waals surface area contributed by atoms with Gasteiger partial charge in [0.2, 0.25) is 5.91 Å². The van der Waals surface area contributed by atoms with E-state index < -0.39 is 10.7 Å². The predicted molar refractivity (Wildman–Crippen MR) is 71.5 cm³/mol. The van der Waals surface area contributed by atoms with Crippen LogP contribution in [-0.2, 0) is 11.2 Å². The van der Waals surface area contributed by atoms with E-state index >= 15 is 0 Å². The molecule has 1 unspecified atom stereocenters. The van der Waals surface area contributed by atoms with E-state index in [4.69, 9.17) is 5.73 Å². The fourth-order valence-electron chi connectivity index (χ4n) is 1.54. The topological polar surface area (TPSA) is 78.2 Å². The summed E-state index contributed by atoms with van der Waals surface area (Å²) in [5, 5.41) is 14.0. The number of likely N-dealkylation sites (N-methyl/N-ethyl adjacent to an activating group) is 1. The normalized spacial score (nSPS) is 12.4. The Labute approximate surface area is 120 Å². The molecule has 1 amide bonds. The van der Waals surface area contributed by atoms with E-state index in [1.165, 1.54) is 14.1 Å². The third-order valence-corrected chi connectivity index (χ3v) is 2.58. The Bertz CT molecular complexity index is 379. The number of rotatable bonds is 6. The molecular formula is C13H21ClN3O2-. The lowest BCUT2D eigenvalue weighted by molar-refractivity contribution is -0.838. The molecule has 0 fully saturated rings. The molecule has 5 nitrogen and oxygen atoms in total. The van der Waals surface area contributed by atoms with Crippen LogP contribution in [0.15, 0.2) is 30.3 Å². The molecule has 1 aromatic rings. The van der Waals surface area contributed by atoms with Gasteiger partial charge in [-0.05, 0) is 12.0 Å². The first-order valence-corrected chi connectivity index (χ1v) is 6.00. The molecule has 0 heterocycles. The van der Waals surface area contributed by atoms with Crippen molar-refractivity contribution in [2.45, 2.75) is 12.5 Å². The Morgan fingerprint density at radius 3 is 2.47 bits per heavy atom. The Kier molecular flexibility index (Phi) is 7.63. The van der Waals surface area contributed by atoms with Crippen molar-refractivity contribution in [3.8, 4) is 0 Å². The quantitative estimate of drug-likeness (QED) is 0.440. The van der Waals surface area contributed by atoms with Crippen LogP contribution in [0.3, 0.4) is 0 Å². The maximum absolute atomic E-state index is 11.7. The summed E-state index contributed by atoms with van der Waals surface area (Å²) < 4.78 is -0.422. The largest absolute Gasteiger partial charge is 1.00 e. The van der Waals surface area contributed by atoms with Gasteiger partial charge in [0.25, 0.3) is 0 Å². The van der Waals surface area contributed by atoms with E-state index in [0.717, 1.165) is 5.56 Å². The number of quaternary nitrogens is 1. The highest BCUT2D eigenvalue weighted by molar-refractivity contribution is 5.81. The number of carbonyl (C=O) groups excluding carboxylic acids is 1. The molecule has 0 bridgehead atoms. The second kappa shape index (κ2) is 8.12. The van der Waals surface area contributed by atoms with Crippen LogP contribution in [0.2, 0.25) is 0 Å². The molecule has 19 heavy (non-hydrogen) atoms. The van der Waals surface area contributed by atoms with Crippen LogP contribution in [0.1, 0.15) is 5.56 Å². The van der Waals surface area contributed by atoms with Crippen molar-refractivity contribution < 1.29 is 21.8 Å². The van der Waals surface area contributed by atoms with Crippen LogP contribution >= 0.6 is 0 Å². The zero-order chi connectivity index (χ0) is 13.6. The summed E-state index contributed by atoms with van der Waals surface area (Å²) in [6.07, 6.45) is 0.502. The van der Waals surface area contributed by atoms with Gasteiger partial charge >= 0.3 is 0 Å². The minimum Gasteiger partial charge on any atom is -1.00 e. The average Bonchev–Trinajstić information content (AvgIpc) is 2.28. The second-order valence-corrected chi connectivity index (χ2v) is 4.88. The number of carbonyl (C=O) groups is 1. The van der Waals surface area contributed by atoms with Gasteiger partial charge in [0.15, 0.2) is 0 Å². The van der Waals surface area contributed by atoms with Gasteiger partial charge < -0.3 is 33.3 Å². The molecule has 0 aliphatic rings. The van der Waals surface area contributed by atoms with Gasteiger partial charge in [0.1, 0.15) is 0 Å². The van der Waals surface area contributed by atoms with E-state index in [0.29, 0.717) is 19.5 Å². The minimum absolute atomic E-state index is 0. The fraction of sp³-hybridized carbons (Fsp3) is 0.462. The molecule has 108 valence electrons. The third-order valence-electron chi connectivity index (χ3n) is 2.58. The number of hydrogen-bond donors (Lipinski definition) is 2. The van der Waals surface area contributed by atoms with Crippen molar-refractivity contribution in [2.24, 2.45) is 5.73 Å². The highest BCUT2D eigenvalue weighted by atomic mass is 35.5. The van der Waals surface area contributed by atoms with Gasteiger partial charge in [-0.1, -0.05) is 30.3 Å². The maximum Gasteiger partial charge on any atom is 0.237 e. The number of nitrogens with one attached hydrogen (secondary N) is 1. The average molecular weight is 287 g/mol. The predicted octanol–water partition coefficient (Wildman–Crippen LogP) is -2.75. The van der Waals surface area contributed by atoms with Crippen LogP contribution in [-0.4, -0.2) is 43.8 Å². The molecule has 1 atom stereocenters.